The van der Waals surface area contributed by atoms with Crippen molar-refractivity contribution < 1.29 is 17.2 Å². The molecule has 1 aromatic rings. The first-order valence-corrected chi connectivity index (χ1v) is 5.80. The Balaban J connectivity index is 3.67. The van der Waals surface area contributed by atoms with Crippen LogP contribution in [0.3, 0.4) is 0 Å². The maximum Gasteiger partial charge on any atom is 0.269 e. The van der Waals surface area contributed by atoms with Gasteiger partial charge < -0.3 is 10.7 Å². The molecule has 0 aliphatic heterocycles. The van der Waals surface area contributed by atoms with Gasteiger partial charge in [0.2, 0.25) is 5.43 Å². The second-order valence-corrected chi connectivity index (χ2v) is 5.06. The van der Waals surface area contributed by atoms with E-state index >= 15 is 0 Å². The molecule has 0 spiro atoms. The van der Waals surface area contributed by atoms with Gasteiger partial charge in [-0.05, 0) is 0 Å². The third kappa shape index (κ3) is 2.26. The Labute approximate surface area is 87.3 Å². The third-order valence-corrected chi connectivity index (χ3v) is 2.93. The number of anilines is 1. The fraction of sp³-hybridized carbons (Fsp3) is 0.167. The predicted octanol–water partition coefficient (Wildman–Crippen LogP) is 0.822. The Morgan fingerprint density at radius 1 is 1.47 bits per heavy atom. The summed E-state index contributed by atoms with van der Waals surface area (Å²) in [6, 6.07) is 0. The second-order valence-electron chi connectivity index (χ2n) is 2.55. The lowest BCUT2D eigenvalue weighted by Gasteiger charge is -2.04. The Hall–Kier alpha value is -1.15. The van der Waals surface area contributed by atoms with Crippen molar-refractivity contribution in [3.05, 3.63) is 22.0 Å². The second kappa shape index (κ2) is 3.78. The highest BCUT2D eigenvalue weighted by Crippen LogP contribution is 2.20. The molecule has 0 atom stereocenters. The van der Waals surface area contributed by atoms with E-state index < -0.39 is 37.2 Å². The van der Waals surface area contributed by atoms with Gasteiger partial charge in [0.1, 0.15) is 5.82 Å². The van der Waals surface area contributed by atoms with Gasteiger partial charge in [0.25, 0.3) is 15.5 Å². The van der Waals surface area contributed by atoms with Crippen molar-refractivity contribution in [3.8, 4) is 0 Å². The van der Waals surface area contributed by atoms with Crippen LogP contribution in [0.25, 0.3) is 0 Å². The first-order chi connectivity index (χ1) is 6.75. The van der Waals surface area contributed by atoms with Gasteiger partial charge in [0.15, 0.2) is 4.90 Å². The van der Waals surface area contributed by atoms with E-state index in [1.165, 1.54) is 0 Å². The molecule has 0 aromatic carbocycles. The fourth-order valence-electron chi connectivity index (χ4n) is 0.944. The molecule has 0 aliphatic carbocycles. The van der Waals surface area contributed by atoms with E-state index in [1.54, 1.807) is 0 Å². The summed E-state index contributed by atoms with van der Waals surface area (Å²) in [4.78, 5) is 12.2. The van der Waals surface area contributed by atoms with Gasteiger partial charge in [-0.25, -0.2) is 17.2 Å². The minimum atomic E-state index is -4.45. The number of nitrogens with one attached hydrogen (secondary N) is 1. The summed E-state index contributed by atoms with van der Waals surface area (Å²) in [6.07, 6.45) is -2.46. The number of hydrogen-bond donors (Lipinski definition) is 2. The molecule has 9 heteroatoms. The fourth-order valence-corrected chi connectivity index (χ4v) is 2.06. The number of nitrogens with two attached hydrogens (primary N) is 1. The maximum absolute atomic E-state index is 12.2. The standard InChI is InChI=1S/C6H5ClF2N2O3S/c7-15(13,14)4-3(12)2(5(8)9)1-11-6(4)10/h1,5H,(H3,10,11,12). The van der Waals surface area contributed by atoms with Crippen molar-refractivity contribution in [3.63, 3.8) is 0 Å². The number of pyridine rings is 1. The van der Waals surface area contributed by atoms with Crippen LogP contribution >= 0.6 is 10.7 Å². The summed E-state index contributed by atoms with van der Waals surface area (Å²) in [7, 11) is 0.423. The van der Waals surface area contributed by atoms with Crippen molar-refractivity contribution in [1.82, 2.24) is 4.98 Å². The van der Waals surface area contributed by atoms with Gasteiger partial charge in [0, 0.05) is 16.9 Å². The van der Waals surface area contributed by atoms with E-state index in [9.17, 15) is 22.0 Å². The highest BCUT2D eigenvalue weighted by atomic mass is 35.7. The van der Waals surface area contributed by atoms with Crippen LogP contribution in [0, 0.1) is 0 Å². The van der Waals surface area contributed by atoms with Crippen LogP contribution < -0.4 is 11.2 Å². The third-order valence-electron chi connectivity index (χ3n) is 1.58. The molecule has 1 rings (SSSR count). The molecule has 0 saturated heterocycles. The predicted molar refractivity (Wildman–Crippen MR) is 49.5 cm³/mol. The molecule has 0 amide bonds. The van der Waals surface area contributed by atoms with Crippen LogP contribution in [0.5, 0.6) is 0 Å². The van der Waals surface area contributed by atoms with E-state index in [0.29, 0.717) is 6.20 Å². The zero-order valence-electron chi connectivity index (χ0n) is 7.00. The number of H-pyrrole nitrogens is 1. The van der Waals surface area contributed by atoms with Crippen LogP contribution in [0.2, 0.25) is 0 Å². The highest BCUT2D eigenvalue weighted by Gasteiger charge is 2.24. The minimum absolute atomic E-state index is 0.570. The van der Waals surface area contributed by atoms with Crippen molar-refractivity contribution >= 4 is 25.6 Å². The molecule has 15 heavy (non-hydrogen) atoms. The molecule has 0 unspecified atom stereocenters. The van der Waals surface area contributed by atoms with Crippen LogP contribution in [-0.4, -0.2) is 13.4 Å². The van der Waals surface area contributed by atoms with Gasteiger partial charge in [0.05, 0.1) is 5.56 Å². The largest absolute Gasteiger partial charge is 0.384 e. The monoisotopic (exact) mass is 258 g/mol. The minimum Gasteiger partial charge on any atom is -0.384 e. The first-order valence-electron chi connectivity index (χ1n) is 3.49. The number of nitrogen functional groups attached to an aromatic ring is 1. The highest BCUT2D eigenvalue weighted by molar-refractivity contribution is 8.13. The average Bonchev–Trinajstić information content (AvgIpc) is 2.00. The van der Waals surface area contributed by atoms with Gasteiger partial charge in [-0.1, -0.05) is 0 Å². The van der Waals surface area contributed by atoms with Crippen molar-refractivity contribution in [2.24, 2.45) is 0 Å². The molecule has 5 nitrogen and oxygen atoms in total. The van der Waals surface area contributed by atoms with Gasteiger partial charge >= 0.3 is 0 Å². The molecule has 0 radical (unpaired) electrons. The molecule has 0 aliphatic rings. The topological polar surface area (TPSA) is 93.0 Å². The Kier molecular flexibility index (Phi) is 3.00. The first kappa shape index (κ1) is 11.9. The van der Waals surface area contributed by atoms with Gasteiger partial charge in [-0.15, -0.1) is 0 Å². The van der Waals surface area contributed by atoms with E-state index in [-0.39, 0.29) is 0 Å². The van der Waals surface area contributed by atoms with E-state index in [4.69, 9.17) is 16.4 Å². The SMILES string of the molecule is Nc1[nH]cc(C(F)F)c(=O)c1S(=O)(=O)Cl. The van der Waals surface area contributed by atoms with Crippen molar-refractivity contribution in [2.45, 2.75) is 11.3 Å². The molecule has 1 aromatic heterocycles. The van der Waals surface area contributed by atoms with Crippen LogP contribution in [0.15, 0.2) is 15.9 Å². The Morgan fingerprint density at radius 3 is 2.40 bits per heavy atom. The summed E-state index contributed by atoms with van der Waals surface area (Å²) in [5.74, 6) is -0.570. The molecular weight excluding hydrogens is 254 g/mol. The van der Waals surface area contributed by atoms with E-state index in [0.717, 1.165) is 0 Å². The van der Waals surface area contributed by atoms with Crippen LogP contribution in [0.4, 0.5) is 14.6 Å². The molecule has 1 heterocycles. The van der Waals surface area contributed by atoms with E-state index in [1.807, 2.05) is 4.98 Å². The van der Waals surface area contributed by atoms with E-state index in [2.05, 4.69) is 0 Å². The van der Waals surface area contributed by atoms with Crippen molar-refractivity contribution in [2.75, 3.05) is 5.73 Å². The molecule has 3 N–H and O–H groups in total. The van der Waals surface area contributed by atoms with Crippen LogP contribution in [0.1, 0.15) is 12.0 Å². The lowest BCUT2D eigenvalue weighted by atomic mass is 10.3. The van der Waals surface area contributed by atoms with Gasteiger partial charge in [-0.3, -0.25) is 4.79 Å². The smallest absolute Gasteiger partial charge is 0.269 e. The molecule has 0 bridgehead atoms. The maximum atomic E-state index is 12.2. The lowest BCUT2D eigenvalue weighted by molar-refractivity contribution is 0.149. The summed E-state index contributed by atoms with van der Waals surface area (Å²) < 4.78 is 46.2. The molecule has 0 fully saturated rings. The zero-order chi connectivity index (χ0) is 11.8. The number of alkyl halides is 2. The summed E-state index contributed by atoms with van der Waals surface area (Å²) >= 11 is 0. The number of rotatable bonds is 2. The Bertz CT molecular complexity index is 540. The molecular formula is C6H5ClF2N2O3S. The lowest BCUT2D eigenvalue weighted by Crippen LogP contribution is -2.19. The van der Waals surface area contributed by atoms with Crippen LogP contribution in [-0.2, 0) is 9.05 Å². The van der Waals surface area contributed by atoms with Crippen molar-refractivity contribution in [1.29, 1.82) is 0 Å². The Morgan fingerprint density at radius 2 is 2.00 bits per heavy atom. The molecule has 0 saturated carbocycles. The summed E-state index contributed by atoms with van der Waals surface area (Å²) in [6.45, 7) is 0. The number of aromatic amines is 1. The quantitative estimate of drug-likeness (QED) is 0.768. The summed E-state index contributed by atoms with van der Waals surface area (Å²) in [5.41, 5.74) is 2.72. The zero-order valence-corrected chi connectivity index (χ0v) is 8.57. The average molecular weight is 259 g/mol. The van der Waals surface area contributed by atoms with Gasteiger partial charge in [-0.2, -0.15) is 0 Å². The molecule has 84 valence electrons. The number of halogens is 3. The summed E-state index contributed by atoms with van der Waals surface area (Å²) in [5, 5.41) is 0. The number of aromatic nitrogens is 1. The number of hydrogen-bond acceptors (Lipinski definition) is 4. The normalized spacial score (nSPS) is 12.0.